The first-order chi connectivity index (χ1) is 5.54. The summed E-state index contributed by atoms with van der Waals surface area (Å²) in [5.41, 5.74) is 14.4. The second kappa shape index (κ2) is 10.1. The third kappa shape index (κ3) is 23.0. The van der Waals surface area contributed by atoms with Gasteiger partial charge < -0.3 is 11.2 Å². The van der Waals surface area contributed by atoms with E-state index in [2.05, 4.69) is 39.7 Å². The van der Waals surface area contributed by atoms with Gasteiger partial charge in [0.05, 0.1) is 4.99 Å². The maximum absolute atomic E-state index is 9.65. The molecule has 0 unspecified atom stereocenters. The molecule has 0 aliphatic heterocycles. The van der Waals surface area contributed by atoms with Crippen molar-refractivity contribution in [1.82, 2.24) is 21.7 Å². The van der Waals surface area contributed by atoms with E-state index < -0.39 is 6.03 Å². The number of nitrogens with two attached hydrogens (primary N) is 1. The average Bonchev–Trinajstić information content (AvgIpc) is 1.87. The van der Waals surface area contributed by atoms with Gasteiger partial charge in [-0.1, -0.05) is 12.2 Å². The maximum atomic E-state index is 9.65. The minimum atomic E-state index is -0.572. The van der Waals surface area contributed by atoms with Gasteiger partial charge in [-0.3, -0.25) is 5.43 Å². The maximum Gasteiger partial charge on any atom is 0.326 e. The quantitative estimate of drug-likeness (QED) is 0.282. The van der Waals surface area contributed by atoms with E-state index in [1.165, 1.54) is 0 Å². The normalized spacial score (nSPS) is 7.58. The molecule has 0 aromatic heterocycles. The number of rotatable bonds is 2. The number of urea groups is 1. The first kappa shape index (κ1) is 13.7. The summed E-state index contributed by atoms with van der Waals surface area (Å²) in [7, 11) is 3.33. The molecule has 0 saturated heterocycles. The topological polar surface area (TPSA) is 91.2 Å². The van der Waals surface area contributed by atoms with Crippen LogP contribution >= 0.6 is 12.2 Å². The van der Waals surface area contributed by atoms with E-state index in [-0.39, 0.29) is 0 Å². The number of thiocarbonyl (C=S) groups is 1. The van der Waals surface area contributed by atoms with Crippen molar-refractivity contribution in [3.8, 4) is 0 Å². The van der Waals surface area contributed by atoms with Crippen molar-refractivity contribution in [2.75, 3.05) is 14.1 Å². The number of amides is 2. The smallest absolute Gasteiger partial charge is 0.326 e. The average molecular weight is 193 g/mol. The van der Waals surface area contributed by atoms with Crippen LogP contribution in [0.4, 0.5) is 4.79 Å². The van der Waals surface area contributed by atoms with Gasteiger partial charge in [0.2, 0.25) is 0 Å². The summed E-state index contributed by atoms with van der Waals surface area (Å²) < 4.78 is 0. The van der Waals surface area contributed by atoms with Crippen LogP contribution in [0.3, 0.4) is 0 Å². The van der Waals surface area contributed by atoms with Crippen LogP contribution in [0.2, 0.25) is 0 Å². The number of hydrogen-bond acceptors (Lipinski definition) is 4. The van der Waals surface area contributed by atoms with Gasteiger partial charge in [-0.2, -0.15) is 0 Å². The Hall–Kier alpha value is -0.920. The number of carbonyl (C=O) groups excluding carboxylic acids is 1. The number of hydrazine groups is 2. The molecule has 0 aromatic carbocycles. The second-order valence-electron chi connectivity index (χ2n) is 1.67. The lowest BCUT2D eigenvalue weighted by atomic mass is 10.8. The molecule has 0 bridgehead atoms. The Kier molecular flexibility index (Phi) is 11.5. The molecule has 6 nitrogen and oxygen atoms in total. The molecule has 12 heavy (non-hydrogen) atoms. The Morgan fingerprint density at radius 1 is 1.25 bits per heavy atom. The lowest BCUT2D eigenvalue weighted by Gasteiger charge is -1.95. The van der Waals surface area contributed by atoms with Gasteiger partial charge in [0.25, 0.3) is 0 Å². The molecule has 0 aliphatic carbocycles. The number of primary amides is 1. The largest absolute Gasteiger partial charge is 0.351 e. The van der Waals surface area contributed by atoms with Crippen LogP contribution in [-0.2, 0) is 0 Å². The second-order valence-corrected chi connectivity index (χ2v) is 2.28. The van der Waals surface area contributed by atoms with Gasteiger partial charge in [-0.25, -0.2) is 15.6 Å². The molecule has 0 rings (SSSR count). The molecule has 0 aliphatic rings. The van der Waals surface area contributed by atoms with E-state index in [1.54, 1.807) is 14.1 Å². The Morgan fingerprint density at radius 3 is 1.67 bits per heavy atom. The van der Waals surface area contributed by atoms with E-state index in [0.29, 0.717) is 0 Å². The molecule has 0 radical (unpaired) electrons. The molecule has 2 amide bonds. The number of carbonyl (C=O) groups is 1. The first-order valence-corrected chi connectivity index (χ1v) is 3.61. The summed E-state index contributed by atoms with van der Waals surface area (Å²) in [5.74, 6) is 0. The zero-order valence-corrected chi connectivity index (χ0v) is 8.21. The van der Waals surface area contributed by atoms with Gasteiger partial charge >= 0.3 is 6.03 Å². The summed E-state index contributed by atoms with van der Waals surface area (Å²) >= 11 is 4.62. The molecule has 72 valence electrons. The minimum Gasteiger partial charge on any atom is -0.351 e. The highest BCUT2D eigenvalue weighted by Crippen LogP contribution is 1.57. The lowest BCUT2D eigenvalue weighted by molar-refractivity contribution is 0.246. The van der Waals surface area contributed by atoms with E-state index >= 15 is 0 Å². The van der Waals surface area contributed by atoms with Crippen molar-refractivity contribution >= 4 is 23.2 Å². The van der Waals surface area contributed by atoms with E-state index in [9.17, 15) is 4.79 Å². The summed E-state index contributed by atoms with van der Waals surface area (Å²) in [6.45, 7) is 1.81. The molecule has 6 N–H and O–H groups in total. The molecular formula is C5H15N5OS. The van der Waals surface area contributed by atoms with Crippen molar-refractivity contribution in [3.05, 3.63) is 0 Å². The van der Waals surface area contributed by atoms with Gasteiger partial charge in [-0.05, 0) is 6.92 Å². The number of nitrogens with one attached hydrogen (secondary N) is 4. The fourth-order valence-corrected chi connectivity index (χ4v) is 0.401. The fraction of sp³-hybridized carbons (Fsp3) is 0.600. The minimum absolute atomic E-state index is 0.572. The molecule has 0 fully saturated rings. The SMILES string of the molecule is CNNC(C)=S.CNNC(N)=O. The van der Waals surface area contributed by atoms with Crippen LogP contribution in [0.25, 0.3) is 0 Å². The fourth-order valence-electron chi connectivity index (χ4n) is 0.299. The Balaban J connectivity index is 0. The van der Waals surface area contributed by atoms with Crippen molar-refractivity contribution < 1.29 is 4.79 Å². The number of hydrogen-bond donors (Lipinski definition) is 5. The molecule has 0 heterocycles. The summed E-state index contributed by atoms with van der Waals surface area (Å²) in [6.07, 6.45) is 0. The highest BCUT2D eigenvalue weighted by molar-refractivity contribution is 7.80. The third-order valence-electron chi connectivity index (χ3n) is 0.549. The highest BCUT2D eigenvalue weighted by Gasteiger charge is 1.78. The van der Waals surface area contributed by atoms with Crippen LogP contribution in [0, 0.1) is 0 Å². The molecule has 7 heteroatoms. The molecule has 0 atom stereocenters. The van der Waals surface area contributed by atoms with Gasteiger partial charge in [0.15, 0.2) is 0 Å². The van der Waals surface area contributed by atoms with Crippen LogP contribution < -0.4 is 27.4 Å². The Bertz CT molecular complexity index is 124. The predicted molar refractivity (Wildman–Crippen MR) is 52.2 cm³/mol. The van der Waals surface area contributed by atoms with Crippen molar-refractivity contribution in [2.45, 2.75) is 6.92 Å². The highest BCUT2D eigenvalue weighted by atomic mass is 32.1. The monoisotopic (exact) mass is 193 g/mol. The van der Waals surface area contributed by atoms with Gasteiger partial charge in [-0.15, -0.1) is 0 Å². The van der Waals surface area contributed by atoms with Gasteiger partial charge in [0.1, 0.15) is 0 Å². The molecular weight excluding hydrogens is 178 g/mol. The standard InChI is InChI=1S/C3H8N2S.C2H7N3O/c1-3(6)5-4-2;1-4-5-2(3)6/h4H,1-2H3,(H,5,6);4H,1H3,(H3,3,5,6). The summed E-state index contributed by atoms with van der Waals surface area (Å²) in [5, 5.41) is 0. The summed E-state index contributed by atoms with van der Waals surface area (Å²) in [6, 6.07) is -0.572. The Morgan fingerprint density at radius 2 is 1.67 bits per heavy atom. The Labute approximate surface area is 77.2 Å². The lowest BCUT2D eigenvalue weighted by Crippen LogP contribution is -2.38. The van der Waals surface area contributed by atoms with E-state index in [0.717, 1.165) is 4.99 Å². The molecule has 0 spiro atoms. The van der Waals surface area contributed by atoms with Gasteiger partial charge in [0, 0.05) is 14.1 Å². The van der Waals surface area contributed by atoms with Crippen molar-refractivity contribution in [2.24, 2.45) is 5.73 Å². The van der Waals surface area contributed by atoms with Crippen LogP contribution in [-0.4, -0.2) is 25.1 Å². The zero-order valence-electron chi connectivity index (χ0n) is 7.39. The first-order valence-electron chi connectivity index (χ1n) is 3.20. The van der Waals surface area contributed by atoms with Crippen molar-refractivity contribution in [3.63, 3.8) is 0 Å². The van der Waals surface area contributed by atoms with E-state index in [4.69, 9.17) is 0 Å². The zero-order chi connectivity index (χ0) is 9.98. The molecule has 0 aromatic rings. The third-order valence-corrected chi connectivity index (χ3v) is 0.651. The van der Waals surface area contributed by atoms with Crippen LogP contribution in [0.5, 0.6) is 0 Å². The predicted octanol–water partition coefficient (Wildman–Crippen LogP) is -1.15. The van der Waals surface area contributed by atoms with Crippen molar-refractivity contribution in [1.29, 1.82) is 0 Å². The van der Waals surface area contributed by atoms with E-state index in [1.807, 2.05) is 6.92 Å². The summed E-state index contributed by atoms with van der Waals surface area (Å²) in [4.78, 5) is 10.4. The van der Waals surface area contributed by atoms with Crippen LogP contribution in [0.1, 0.15) is 6.92 Å². The van der Waals surface area contributed by atoms with Crippen LogP contribution in [0.15, 0.2) is 0 Å². The molecule has 0 saturated carbocycles.